The first-order valence-electron chi connectivity index (χ1n) is 7.62. The second-order valence-electron chi connectivity index (χ2n) is 5.81. The van der Waals surface area contributed by atoms with Gasteiger partial charge in [0.15, 0.2) is 0 Å². The van der Waals surface area contributed by atoms with Gasteiger partial charge in [0.25, 0.3) is 5.69 Å². The van der Waals surface area contributed by atoms with Crippen molar-refractivity contribution in [2.75, 3.05) is 11.4 Å². The lowest BCUT2D eigenvalue weighted by Gasteiger charge is -2.32. The highest BCUT2D eigenvalue weighted by atomic mass is 16.6. The molecule has 1 aliphatic rings. The van der Waals surface area contributed by atoms with E-state index in [4.69, 9.17) is 0 Å². The van der Waals surface area contributed by atoms with Crippen molar-refractivity contribution in [1.82, 2.24) is 0 Å². The Bertz CT molecular complexity index is 700. The number of hydrogen-bond acceptors (Lipinski definition) is 5. The normalized spacial score (nSPS) is 16.6. The van der Waals surface area contributed by atoms with Crippen LogP contribution in [0.3, 0.4) is 0 Å². The molecule has 1 atom stereocenters. The van der Waals surface area contributed by atoms with Crippen molar-refractivity contribution >= 4 is 29.0 Å². The highest BCUT2D eigenvalue weighted by molar-refractivity contribution is 6.08. The Hall–Kier alpha value is -2.77. The van der Waals surface area contributed by atoms with Crippen LogP contribution in [0.25, 0.3) is 0 Å². The van der Waals surface area contributed by atoms with E-state index in [1.54, 1.807) is 0 Å². The molecule has 0 aromatic heterocycles. The average molecular weight is 334 g/mol. The van der Waals surface area contributed by atoms with Crippen LogP contribution in [0, 0.1) is 16.0 Å². The number of unbranched alkanes of at least 4 members (excludes halogenated alkanes) is 1. The maximum atomic E-state index is 12.4. The summed E-state index contributed by atoms with van der Waals surface area (Å²) in [7, 11) is 0. The quantitative estimate of drug-likeness (QED) is 0.352. The van der Waals surface area contributed by atoms with Crippen molar-refractivity contribution in [3.8, 4) is 0 Å². The van der Waals surface area contributed by atoms with Crippen LogP contribution in [0.15, 0.2) is 18.2 Å². The third-order valence-corrected chi connectivity index (χ3v) is 4.01. The molecule has 2 rings (SSSR count). The summed E-state index contributed by atoms with van der Waals surface area (Å²) in [4.78, 5) is 46.4. The Morgan fingerprint density at radius 3 is 2.67 bits per heavy atom. The number of nitro benzene ring substituents is 1. The summed E-state index contributed by atoms with van der Waals surface area (Å²) >= 11 is 0. The topological polar surface area (TPSA) is 118 Å². The second-order valence-corrected chi connectivity index (χ2v) is 5.81. The SMILES string of the molecule is CC(=O)CCCCN1C(=O)[C@H](C(=O)O)Cc2cc([N+](=O)[O-])ccc21. The predicted molar refractivity (Wildman–Crippen MR) is 84.8 cm³/mol. The number of carboxylic acids is 1. The first-order chi connectivity index (χ1) is 11.3. The van der Waals surface area contributed by atoms with Crippen LogP contribution < -0.4 is 4.90 Å². The number of carbonyl (C=O) groups excluding carboxylic acids is 2. The lowest BCUT2D eigenvalue weighted by Crippen LogP contribution is -2.45. The number of non-ortho nitro benzene ring substituents is 1. The largest absolute Gasteiger partial charge is 0.481 e. The van der Waals surface area contributed by atoms with E-state index in [1.807, 2.05) is 0 Å². The zero-order chi connectivity index (χ0) is 17.9. The van der Waals surface area contributed by atoms with Crippen LogP contribution in [0.1, 0.15) is 31.7 Å². The van der Waals surface area contributed by atoms with E-state index in [9.17, 15) is 29.6 Å². The van der Waals surface area contributed by atoms with Crippen LogP contribution in [-0.2, 0) is 20.8 Å². The third kappa shape index (κ3) is 3.76. The standard InChI is InChI=1S/C16H18N2O6/c1-10(19)4-2-3-7-17-14-6-5-12(18(23)24)8-11(14)9-13(15(17)20)16(21)22/h5-6,8,13H,2-4,7,9H2,1H3,(H,21,22)/t13-/m1/s1. The van der Waals surface area contributed by atoms with Gasteiger partial charge in [0, 0.05) is 30.8 Å². The number of Topliss-reactive ketones (excluding diaryl/α,β-unsaturated/α-hetero) is 1. The van der Waals surface area contributed by atoms with Gasteiger partial charge in [0.1, 0.15) is 11.7 Å². The molecular weight excluding hydrogens is 316 g/mol. The van der Waals surface area contributed by atoms with Crippen molar-refractivity contribution < 1.29 is 24.4 Å². The van der Waals surface area contributed by atoms with Gasteiger partial charge < -0.3 is 14.8 Å². The molecule has 1 N–H and O–H groups in total. The number of benzene rings is 1. The van der Waals surface area contributed by atoms with Crippen molar-refractivity contribution in [2.45, 2.75) is 32.6 Å². The average Bonchev–Trinajstić information content (AvgIpc) is 2.51. The molecule has 0 unspecified atom stereocenters. The Kier molecular flexibility index (Phi) is 5.28. The van der Waals surface area contributed by atoms with Crippen molar-refractivity contribution in [1.29, 1.82) is 0 Å². The maximum Gasteiger partial charge on any atom is 0.316 e. The number of aliphatic carboxylic acids is 1. The van der Waals surface area contributed by atoms with E-state index < -0.39 is 22.7 Å². The second kappa shape index (κ2) is 7.20. The van der Waals surface area contributed by atoms with E-state index >= 15 is 0 Å². The summed E-state index contributed by atoms with van der Waals surface area (Å²) in [5.41, 5.74) is 0.845. The number of ketones is 1. The number of anilines is 1. The lowest BCUT2D eigenvalue weighted by atomic mass is 9.91. The lowest BCUT2D eigenvalue weighted by molar-refractivity contribution is -0.384. The van der Waals surface area contributed by atoms with Gasteiger partial charge in [-0.05, 0) is 37.8 Å². The molecule has 8 heteroatoms. The summed E-state index contributed by atoms with van der Waals surface area (Å²) in [6.45, 7) is 1.77. The van der Waals surface area contributed by atoms with E-state index in [1.165, 1.54) is 30.0 Å². The minimum Gasteiger partial charge on any atom is -0.481 e. The molecule has 1 aliphatic heterocycles. The molecule has 1 aromatic carbocycles. The fourth-order valence-corrected chi connectivity index (χ4v) is 2.79. The van der Waals surface area contributed by atoms with Crippen molar-refractivity contribution in [3.05, 3.63) is 33.9 Å². The molecule has 0 aliphatic carbocycles. The molecule has 1 aromatic rings. The van der Waals surface area contributed by atoms with Gasteiger partial charge in [-0.3, -0.25) is 19.7 Å². The summed E-state index contributed by atoms with van der Waals surface area (Å²) in [5, 5.41) is 20.1. The Morgan fingerprint density at radius 2 is 2.08 bits per heavy atom. The van der Waals surface area contributed by atoms with E-state index in [0.717, 1.165) is 0 Å². The summed E-state index contributed by atoms with van der Waals surface area (Å²) in [6, 6.07) is 4.10. The summed E-state index contributed by atoms with van der Waals surface area (Å²) < 4.78 is 0. The molecule has 0 saturated carbocycles. The smallest absolute Gasteiger partial charge is 0.316 e. The summed E-state index contributed by atoms with van der Waals surface area (Å²) in [5.74, 6) is -2.95. The van der Waals surface area contributed by atoms with Crippen LogP contribution >= 0.6 is 0 Å². The molecule has 0 saturated heterocycles. The number of carbonyl (C=O) groups is 3. The van der Waals surface area contributed by atoms with E-state index in [-0.39, 0.29) is 24.4 Å². The number of rotatable bonds is 7. The molecule has 128 valence electrons. The summed E-state index contributed by atoms with van der Waals surface area (Å²) in [6.07, 6.45) is 1.49. The molecule has 8 nitrogen and oxygen atoms in total. The highest BCUT2D eigenvalue weighted by Crippen LogP contribution is 2.33. The molecular formula is C16H18N2O6. The van der Waals surface area contributed by atoms with Crippen molar-refractivity contribution in [2.24, 2.45) is 5.92 Å². The number of nitrogens with zero attached hydrogens (tertiary/aromatic N) is 2. The fourth-order valence-electron chi connectivity index (χ4n) is 2.79. The molecule has 24 heavy (non-hydrogen) atoms. The minimum absolute atomic E-state index is 0.0550. The van der Waals surface area contributed by atoms with Gasteiger partial charge in [0.05, 0.1) is 4.92 Å². The van der Waals surface area contributed by atoms with Crippen molar-refractivity contribution in [3.63, 3.8) is 0 Å². The monoisotopic (exact) mass is 334 g/mol. The Balaban J connectivity index is 2.27. The van der Waals surface area contributed by atoms with Crippen LogP contribution in [0.2, 0.25) is 0 Å². The van der Waals surface area contributed by atoms with Crippen LogP contribution in [-0.4, -0.2) is 34.2 Å². The van der Waals surface area contributed by atoms with Gasteiger partial charge >= 0.3 is 5.97 Å². The van der Waals surface area contributed by atoms with Crippen LogP contribution in [0.4, 0.5) is 11.4 Å². The highest BCUT2D eigenvalue weighted by Gasteiger charge is 2.37. The number of hydrogen-bond donors (Lipinski definition) is 1. The zero-order valence-electron chi connectivity index (χ0n) is 13.2. The number of carboxylic acid groups (broad SMARTS) is 1. The number of amides is 1. The third-order valence-electron chi connectivity index (χ3n) is 4.01. The van der Waals surface area contributed by atoms with Gasteiger partial charge in [-0.1, -0.05) is 0 Å². The van der Waals surface area contributed by atoms with Gasteiger partial charge in [0.2, 0.25) is 5.91 Å². The molecule has 0 bridgehead atoms. The van der Waals surface area contributed by atoms with Gasteiger partial charge in [-0.15, -0.1) is 0 Å². The van der Waals surface area contributed by atoms with Gasteiger partial charge in [-0.25, -0.2) is 0 Å². The predicted octanol–water partition coefficient (Wildman–Crippen LogP) is 1.94. The van der Waals surface area contributed by atoms with E-state index in [0.29, 0.717) is 30.5 Å². The van der Waals surface area contributed by atoms with E-state index in [2.05, 4.69) is 0 Å². The Morgan fingerprint density at radius 1 is 1.38 bits per heavy atom. The first kappa shape index (κ1) is 17.6. The number of nitro groups is 1. The molecule has 0 radical (unpaired) electrons. The fraction of sp³-hybridized carbons (Fsp3) is 0.438. The maximum absolute atomic E-state index is 12.4. The molecule has 0 fully saturated rings. The van der Waals surface area contributed by atoms with Gasteiger partial charge in [-0.2, -0.15) is 0 Å². The first-order valence-corrected chi connectivity index (χ1v) is 7.62. The number of fused-ring (bicyclic) bond motifs is 1. The minimum atomic E-state index is -1.24. The zero-order valence-corrected chi connectivity index (χ0v) is 13.2. The Labute approximate surface area is 138 Å². The molecule has 1 heterocycles. The van der Waals surface area contributed by atoms with Crippen LogP contribution in [0.5, 0.6) is 0 Å². The molecule has 1 amide bonds. The molecule has 0 spiro atoms.